The predicted molar refractivity (Wildman–Crippen MR) is 81.6 cm³/mol. The molecule has 1 fully saturated rings. The van der Waals surface area contributed by atoms with Gasteiger partial charge in [-0.2, -0.15) is 5.10 Å². The van der Waals surface area contributed by atoms with E-state index in [1.54, 1.807) is 15.3 Å². The van der Waals surface area contributed by atoms with Crippen molar-refractivity contribution in [2.75, 3.05) is 11.9 Å². The van der Waals surface area contributed by atoms with Crippen molar-refractivity contribution in [3.8, 4) is 0 Å². The topological polar surface area (TPSA) is 86.3 Å². The molecule has 2 atom stereocenters. The first-order chi connectivity index (χ1) is 11.2. The standard InChI is InChI=1S/C15H16N6O2/c1-20-9-10(8-16-20)13-11(5-7-23-13)14(22)17-15-19-18-12-4-2-3-6-21(12)15/h2-4,6,8-9,11,13H,5,7H2,1H3,(H,17,19,22)/t11-,13+/m0/s1. The summed E-state index contributed by atoms with van der Waals surface area (Å²) in [6.07, 6.45) is 5.82. The molecule has 1 amide bonds. The molecular weight excluding hydrogens is 296 g/mol. The van der Waals surface area contributed by atoms with E-state index >= 15 is 0 Å². The third kappa shape index (κ3) is 2.46. The fourth-order valence-corrected chi connectivity index (χ4v) is 2.90. The molecule has 0 unspecified atom stereocenters. The van der Waals surface area contributed by atoms with Gasteiger partial charge in [0.2, 0.25) is 11.9 Å². The van der Waals surface area contributed by atoms with Crippen LogP contribution in [0.3, 0.4) is 0 Å². The molecule has 4 rings (SSSR count). The zero-order valence-electron chi connectivity index (χ0n) is 12.6. The Morgan fingerprint density at radius 3 is 3.13 bits per heavy atom. The number of hydrogen-bond acceptors (Lipinski definition) is 5. The number of nitrogens with one attached hydrogen (secondary N) is 1. The second-order valence-electron chi connectivity index (χ2n) is 5.58. The smallest absolute Gasteiger partial charge is 0.235 e. The molecule has 1 aliphatic rings. The van der Waals surface area contributed by atoms with Crippen molar-refractivity contribution >= 4 is 17.5 Å². The van der Waals surface area contributed by atoms with E-state index in [1.807, 2.05) is 37.6 Å². The number of carbonyl (C=O) groups is 1. The third-order valence-corrected chi connectivity index (χ3v) is 4.03. The van der Waals surface area contributed by atoms with Crippen LogP contribution in [0.1, 0.15) is 18.1 Å². The maximum atomic E-state index is 12.6. The minimum atomic E-state index is -0.275. The number of rotatable bonds is 3. The zero-order chi connectivity index (χ0) is 15.8. The Morgan fingerprint density at radius 2 is 2.30 bits per heavy atom. The van der Waals surface area contributed by atoms with Gasteiger partial charge in [-0.25, -0.2) is 0 Å². The number of amides is 1. The van der Waals surface area contributed by atoms with Gasteiger partial charge in [-0.1, -0.05) is 6.07 Å². The van der Waals surface area contributed by atoms with Gasteiger partial charge in [0.25, 0.3) is 0 Å². The van der Waals surface area contributed by atoms with Crippen LogP contribution < -0.4 is 5.32 Å². The first kappa shape index (κ1) is 13.9. The fourth-order valence-electron chi connectivity index (χ4n) is 2.90. The number of fused-ring (bicyclic) bond motifs is 1. The number of pyridine rings is 1. The van der Waals surface area contributed by atoms with Crippen molar-refractivity contribution < 1.29 is 9.53 Å². The van der Waals surface area contributed by atoms with E-state index in [2.05, 4.69) is 20.6 Å². The van der Waals surface area contributed by atoms with Crippen molar-refractivity contribution in [3.05, 3.63) is 42.4 Å². The van der Waals surface area contributed by atoms with E-state index < -0.39 is 0 Å². The molecule has 8 nitrogen and oxygen atoms in total. The molecule has 0 aromatic carbocycles. The van der Waals surface area contributed by atoms with Gasteiger partial charge in [0, 0.05) is 31.6 Å². The van der Waals surface area contributed by atoms with Crippen LogP contribution in [0.4, 0.5) is 5.95 Å². The number of anilines is 1. The van der Waals surface area contributed by atoms with Crippen LogP contribution in [-0.4, -0.2) is 36.9 Å². The molecule has 23 heavy (non-hydrogen) atoms. The van der Waals surface area contributed by atoms with Crippen LogP contribution in [-0.2, 0) is 16.6 Å². The highest BCUT2D eigenvalue weighted by Crippen LogP contribution is 2.35. The van der Waals surface area contributed by atoms with Crippen molar-refractivity contribution in [1.82, 2.24) is 24.4 Å². The van der Waals surface area contributed by atoms with E-state index in [-0.39, 0.29) is 17.9 Å². The van der Waals surface area contributed by atoms with Crippen LogP contribution >= 0.6 is 0 Å². The second-order valence-corrected chi connectivity index (χ2v) is 5.58. The number of aromatic nitrogens is 5. The number of carbonyl (C=O) groups excluding carboxylic acids is 1. The average molecular weight is 312 g/mol. The van der Waals surface area contributed by atoms with E-state index in [0.29, 0.717) is 24.6 Å². The third-order valence-electron chi connectivity index (χ3n) is 4.03. The Hall–Kier alpha value is -2.74. The molecule has 0 saturated carbocycles. The summed E-state index contributed by atoms with van der Waals surface area (Å²) in [6, 6.07) is 5.57. The van der Waals surface area contributed by atoms with E-state index in [4.69, 9.17) is 4.74 Å². The SMILES string of the molecule is Cn1cc([C@H]2OCC[C@@H]2C(=O)Nc2nnc3ccccn23)cn1. The highest BCUT2D eigenvalue weighted by atomic mass is 16.5. The second kappa shape index (κ2) is 5.47. The van der Waals surface area contributed by atoms with Gasteiger partial charge < -0.3 is 4.74 Å². The van der Waals surface area contributed by atoms with Crippen LogP contribution in [0, 0.1) is 5.92 Å². The lowest BCUT2D eigenvalue weighted by Crippen LogP contribution is -2.26. The molecular formula is C15H16N6O2. The summed E-state index contributed by atoms with van der Waals surface area (Å²) in [6.45, 7) is 0.554. The average Bonchev–Trinajstić information content (AvgIpc) is 3.26. The van der Waals surface area contributed by atoms with Gasteiger partial charge in [0.15, 0.2) is 5.65 Å². The van der Waals surface area contributed by atoms with E-state index in [0.717, 1.165) is 5.56 Å². The molecule has 1 N–H and O–H groups in total. The molecule has 8 heteroatoms. The van der Waals surface area contributed by atoms with Crippen molar-refractivity contribution in [2.24, 2.45) is 13.0 Å². The maximum Gasteiger partial charge on any atom is 0.235 e. The Morgan fingerprint density at radius 1 is 1.39 bits per heavy atom. The van der Waals surface area contributed by atoms with Crippen molar-refractivity contribution in [3.63, 3.8) is 0 Å². The van der Waals surface area contributed by atoms with Crippen molar-refractivity contribution in [2.45, 2.75) is 12.5 Å². The summed E-state index contributed by atoms with van der Waals surface area (Å²) < 4.78 is 9.18. The highest BCUT2D eigenvalue weighted by molar-refractivity contribution is 5.92. The molecule has 0 bridgehead atoms. The van der Waals surface area contributed by atoms with Crippen LogP contribution in [0.2, 0.25) is 0 Å². The van der Waals surface area contributed by atoms with Gasteiger partial charge in [-0.15, -0.1) is 10.2 Å². The molecule has 0 aliphatic carbocycles. The lowest BCUT2D eigenvalue weighted by atomic mass is 9.96. The molecule has 4 heterocycles. The summed E-state index contributed by atoms with van der Waals surface area (Å²) in [5, 5.41) is 15.1. The Labute approximate surface area is 132 Å². The summed E-state index contributed by atoms with van der Waals surface area (Å²) in [5.41, 5.74) is 1.60. The van der Waals surface area contributed by atoms with Crippen LogP contribution in [0.5, 0.6) is 0 Å². The monoisotopic (exact) mass is 312 g/mol. The minimum absolute atomic E-state index is 0.116. The summed E-state index contributed by atoms with van der Waals surface area (Å²) in [4.78, 5) is 12.6. The number of aryl methyl sites for hydroxylation is 1. The Balaban J connectivity index is 1.56. The van der Waals surface area contributed by atoms with Gasteiger partial charge >= 0.3 is 0 Å². The number of hydrogen-bond donors (Lipinski definition) is 1. The largest absolute Gasteiger partial charge is 0.373 e. The summed E-state index contributed by atoms with van der Waals surface area (Å²) in [5.74, 6) is 0.0344. The summed E-state index contributed by atoms with van der Waals surface area (Å²) in [7, 11) is 1.84. The highest BCUT2D eigenvalue weighted by Gasteiger charge is 2.36. The molecule has 1 saturated heterocycles. The molecule has 118 valence electrons. The van der Waals surface area contributed by atoms with Gasteiger partial charge in [0.1, 0.15) is 0 Å². The lowest BCUT2D eigenvalue weighted by molar-refractivity contribution is -0.121. The van der Waals surface area contributed by atoms with Crippen molar-refractivity contribution in [1.29, 1.82) is 0 Å². The zero-order valence-corrected chi connectivity index (χ0v) is 12.6. The lowest BCUT2D eigenvalue weighted by Gasteiger charge is -2.16. The van der Waals surface area contributed by atoms with E-state index in [1.165, 1.54) is 0 Å². The Kier molecular flexibility index (Phi) is 3.30. The molecule has 0 spiro atoms. The normalized spacial score (nSPS) is 20.9. The van der Waals surface area contributed by atoms with Crippen LogP contribution in [0.25, 0.3) is 5.65 Å². The molecule has 0 radical (unpaired) electrons. The molecule has 3 aromatic rings. The maximum absolute atomic E-state index is 12.6. The predicted octanol–water partition coefficient (Wildman–Crippen LogP) is 1.18. The van der Waals surface area contributed by atoms with Gasteiger partial charge in [-0.3, -0.25) is 19.2 Å². The number of ether oxygens (including phenoxy) is 1. The molecule has 3 aromatic heterocycles. The number of nitrogens with zero attached hydrogens (tertiary/aromatic N) is 5. The van der Waals surface area contributed by atoms with Gasteiger partial charge in [0.05, 0.1) is 18.2 Å². The van der Waals surface area contributed by atoms with E-state index in [9.17, 15) is 4.79 Å². The minimum Gasteiger partial charge on any atom is -0.373 e. The first-order valence-electron chi connectivity index (χ1n) is 7.43. The Bertz CT molecular complexity index is 854. The fraction of sp³-hybridized carbons (Fsp3) is 0.333. The first-order valence-corrected chi connectivity index (χ1v) is 7.43. The summed E-state index contributed by atoms with van der Waals surface area (Å²) >= 11 is 0. The quantitative estimate of drug-likeness (QED) is 0.785. The molecule has 1 aliphatic heterocycles. The van der Waals surface area contributed by atoms with Gasteiger partial charge in [-0.05, 0) is 18.6 Å². The van der Waals surface area contributed by atoms with Crippen LogP contribution in [0.15, 0.2) is 36.8 Å².